The van der Waals surface area contributed by atoms with Gasteiger partial charge in [0.2, 0.25) is 5.91 Å². The first kappa shape index (κ1) is 18.6. The average molecular weight is 319 g/mol. The highest BCUT2D eigenvalue weighted by atomic mass is 19.1. The number of carbonyl (C=O) groups is 2. The van der Waals surface area contributed by atoms with Gasteiger partial charge in [-0.3, -0.25) is 9.59 Å². The lowest BCUT2D eigenvalue weighted by molar-refractivity contribution is -0.134. The largest absolute Gasteiger partial charge is 0.426 e. The maximum Gasteiger partial charge on any atom is 0.311 e. The summed E-state index contributed by atoms with van der Waals surface area (Å²) >= 11 is 0. The van der Waals surface area contributed by atoms with Crippen molar-refractivity contribution in [2.75, 3.05) is 0 Å². The monoisotopic (exact) mass is 319 g/mol. The van der Waals surface area contributed by atoms with Gasteiger partial charge in [0.25, 0.3) is 0 Å². The standard InChI is InChI=1S/C18H22FNO3/c1-3-7-15(8-4-2)20-17(21)11-6-12-18(22)23-16-10-5-9-14(19)13-16/h3-5,9-10,13,15H,1-2,6-8,11-12H2,(H,20,21). The molecule has 0 bridgehead atoms. The van der Waals surface area contributed by atoms with Crippen molar-refractivity contribution in [2.24, 2.45) is 0 Å². The summed E-state index contributed by atoms with van der Waals surface area (Å²) < 4.78 is 18.0. The molecule has 1 rings (SSSR count). The third-order valence-corrected chi connectivity index (χ3v) is 3.08. The van der Waals surface area contributed by atoms with Crippen LogP contribution in [0.4, 0.5) is 4.39 Å². The molecule has 1 aromatic rings. The molecule has 0 saturated carbocycles. The SMILES string of the molecule is C=CCC(CC=C)NC(=O)CCCC(=O)Oc1cccc(F)c1. The summed E-state index contributed by atoms with van der Waals surface area (Å²) in [7, 11) is 0. The summed E-state index contributed by atoms with van der Waals surface area (Å²) in [6.07, 6.45) is 5.50. The minimum absolute atomic E-state index is 0.0169. The van der Waals surface area contributed by atoms with Gasteiger partial charge in [-0.05, 0) is 31.4 Å². The Morgan fingerprint density at radius 2 is 1.91 bits per heavy atom. The van der Waals surface area contributed by atoms with Gasteiger partial charge in [-0.15, -0.1) is 13.2 Å². The van der Waals surface area contributed by atoms with E-state index in [9.17, 15) is 14.0 Å². The van der Waals surface area contributed by atoms with Crippen LogP contribution in [0.3, 0.4) is 0 Å². The highest BCUT2D eigenvalue weighted by molar-refractivity contribution is 5.77. The summed E-state index contributed by atoms with van der Waals surface area (Å²) in [5.41, 5.74) is 0. The molecule has 0 aliphatic heterocycles. The quantitative estimate of drug-likeness (QED) is 0.408. The number of nitrogens with one attached hydrogen (secondary N) is 1. The molecule has 1 amide bonds. The molecule has 23 heavy (non-hydrogen) atoms. The first-order chi connectivity index (χ1) is 11.0. The van der Waals surface area contributed by atoms with Crippen LogP contribution in [0.25, 0.3) is 0 Å². The highest BCUT2D eigenvalue weighted by Gasteiger charge is 2.11. The minimum Gasteiger partial charge on any atom is -0.426 e. The lowest BCUT2D eigenvalue weighted by atomic mass is 10.1. The minimum atomic E-state index is -0.489. The van der Waals surface area contributed by atoms with E-state index >= 15 is 0 Å². The van der Waals surface area contributed by atoms with Gasteiger partial charge in [-0.1, -0.05) is 18.2 Å². The lowest BCUT2D eigenvalue weighted by Crippen LogP contribution is -2.34. The Morgan fingerprint density at radius 3 is 2.52 bits per heavy atom. The van der Waals surface area contributed by atoms with Crippen LogP contribution in [0.1, 0.15) is 32.1 Å². The maximum absolute atomic E-state index is 13.0. The van der Waals surface area contributed by atoms with Gasteiger partial charge in [0.15, 0.2) is 0 Å². The highest BCUT2D eigenvalue weighted by Crippen LogP contribution is 2.13. The van der Waals surface area contributed by atoms with Crippen molar-refractivity contribution in [3.8, 4) is 5.75 Å². The van der Waals surface area contributed by atoms with E-state index in [1.54, 1.807) is 12.2 Å². The van der Waals surface area contributed by atoms with E-state index in [0.717, 1.165) is 6.07 Å². The lowest BCUT2D eigenvalue weighted by Gasteiger charge is -2.15. The molecule has 0 radical (unpaired) electrons. The molecular formula is C18H22FNO3. The van der Waals surface area contributed by atoms with Crippen LogP contribution < -0.4 is 10.1 Å². The smallest absolute Gasteiger partial charge is 0.311 e. The van der Waals surface area contributed by atoms with E-state index in [1.807, 2.05) is 0 Å². The van der Waals surface area contributed by atoms with Crippen LogP contribution in [0.5, 0.6) is 5.75 Å². The molecule has 1 N–H and O–H groups in total. The molecule has 0 atom stereocenters. The van der Waals surface area contributed by atoms with Gasteiger partial charge in [0.1, 0.15) is 11.6 Å². The number of rotatable bonds is 10. The number of benzene rings is 1. The Hall–Kier alpha value is -2.43. The predicted molar refractivity (Wildman–Crippen MR) is 87.4 cm³/mol. The molecule has 0 fully saturated rings. The number of ether oxygens (including phenoxy) is 1. The molecule has 124 valence electrons. The number of halogens is 1. The first-order valence-corrected chi connectivity index (χ1v) is 7.52. The summed E-state index contributed by atoms with van der Waals surface area (Å²) in [6, 6.07) is 5.36. The van der Waals surface area contributed by atoms with Gasteiger partial charge in [-0.25, -0.2) is 4.39 Å². The molecule has 4 nitrogen and oxygen atoms in total. The second kappa shape index (κ2) is 10.3. The van der Waals surface area contributed by atoms with E-state index in [-0.39, 0.29) is 30.5 Å². The third kappa shape index (κ3) is 7.95. The van der Waals surface area contributed by atoms with Crippen molar-refractivity contribution in [2.45, 2.75) is 38.1 Å². The van der Waals surface area contributed by atoms with Crippen molar-refractivity contribution in [1.82, 2.24) is 5.32 Å². The number of esters is 1. The van der Waals surface area contributed by atoms with Crippen LogP contribution in [0.2, 0.25) is 0 Å². The van der Waals surface area contributed by atoms with Crippen LogP contribution in [0, 0.1) is 5.82 Å². The zero-order chi connectivity index (χ0) is 17.1. The van der Waals surface area contributed by atoms with Crippen LogP contribution >= 0.6 is 0 Å². The van der Waals surface area contributed by atoms with E-state index in [4.69, 9.17) is 4.74 Å². The van der Waals surface area contributed by atoms with Gasteiger partial charge in [0.05, 0.1) is 0 Å². The van der Waals surface area contributed by atoms with E-state index in [0.29, 0.717) is 19.3 Å². The number of hydrogen-bond donors (Lipinski definition) is 1. The molecule has 0 spiro atoms. The zero-order valence-electron chi connectivity index (χ0n) is 13.1. The van der Waals surface area contributed by atoms with Crippen LogP contribution in [-0.2, 0) is 9.59 Å². The normalized spacial score (nSPS) is 10.2. The molecule has 0 aliphatic rings. The third-order valence-electron chi connectivity index (χ3n) is 3.08. The Kier molecular flexibility index (Phi) is 8.36. The maximum atomic E-state index is 13.0. The van der Waals surface area contributed by atoms with E-state index < -0.39 is 11.8 Å². The average Bonchev–Trinajstić information content (AvgIpc) is 2.47. The summed E-state index contributed by atoms with van der Waals surface area (Å²) in [6.45, 7) is 7.30. The summed E-state index contributed by atoms with van der Waals surface area (Å²) in [4.78, 5) is 23.4. The van der Waals surface area contributed by atoms with Gasteiger partial charge < -0.3 is 10.1 Å². The van der Waals surface area contributed by atoms with E-state index in [2.05, 4.69) is 18.5 Å². The van der Waals surface area contributed by atoms with Gasteiger partial charge >= 0.3 is 5.97 Å². The molecule has 0 aliphatic carbocycles. The van der Waals surface area contributed by atoms with Crippen LogP contribution in [-0.4, -0.2) is 17.9 Å². The summed E-state index contributed by atoms with van der Waals surface area (Å²) in [5, 5.41) is 2.87. The topological polar surface area (TPSA) is 55.4 Å². The Balaban J connectivity index is 2.29. The molecule has 0 heterocycles. The zero-order valence-corrected chi connectivity index (χ0v) is 13.1. The van der Waals surface area contributed by atoms with E-state index in [1.165, 1.54) is 18.2 Å². The molecule has 1 aromatic carbocycles. The number of hydrogen-bond acceptors (Lipinski definition) is 3. The molecule has 0 unspecified atom stereocenters. The van der Waals surface area contributed by atoms with Crippen molar-refractivity contribution in [1.29, 1.82) is 0 Å². The fourth-order valence-electron chi connectivity index (χ4n) is 2.02. The van der Waals surface area contributed by atoms with Crippen molar-refractivity contribution >= 4 is 11.9 Å². The first-order valence-electron chi connectivity index (χ1n) is 7.52. The molecule has 0 aromatic heterocycles. The summed E-state index contributed by atoms with van der Waals surface area (Å²) in [5.74, 6) is -0.920. The number of amides is 1. The fraction of sp³-hybridized carbons (Fsp3) is 0.333. The Labute approximate surface area is 136 Å². The second-order valence-electron chi connectivity index (χ2n) is 5.10. The van der Waals surface area contributed by atoms with Crippen molar-refractivity contribution < 1.29 is 18.7 Å². The second-order valence-corrected chi connectivity index (χ2v) is 5.10. The Morgan fingerprint density at radius 1 is 1.22 bits per heavy atom. The fourth-order valence-corrected chi connectivity index (χ4v) is 2.02. The van der Waals surface area contributed by atoms with Crippen molar-refractivity contribution in [3.63, 3.8) is 0 Å². The van der Waals surface area contributed by atoms with Crippen molar-refractivity contribution in [3.05, 3.63) is 55.4 Å². The predicted octanol–water partition coefficient (Wildman–Crippen LogP) is 3.54. The number of carbonyl (C=O) groups excluding carboxylic acids is 2. The van der Waals surface area contributed by atoms with Gasteiger partial charge in [-0.2, -0.15) is 0 Å². The Bertz CT molecular complexity index is 547. The van der Waals surface area contributed by atoms with Gasteiger partial charge in [0, 0.05) is 24.9 Å². The molecular weight excluding hydrogens is 297 g/mol. The molecule has 0 saturated heterocycles. The molecule has 5 heteroatoms. The van der Waals surface area contributed by atoms with Crippen LogP contribution in [0.15, 0.2) is 49.6 Å².